The van der Waals surface area contributed by atoms with Crippen LogP contribution in [0.3, 0.4) is 0 Å². The summed E-state index contributed by atoms with van der Waals surface area (Å²) in [6, 6.07) is 7.63. The Morgan fingerprint density at radius 2 is 2.00 bits per heavy atom. The number of carbonyl (C=O) groups excluding carboxylic acids is 1. The number of aromatic hydroxyl groups is 1. The Kier molecular flexibility index (Phi) is 5.47. The number of phenolic OH excluding ortho intramolecular Hbond substituents is 1. The van der Waals surface area contributed by atoms with Crippen LogP contribution >= 0.6 is 11.6 Å². The Labute approximate surface area is 156 Å². The van der Waals surface area contributed by atoms with Crippen molar-refractivity contribution in [2.24, 2.45) is 0 Å². The molecule has 4 nitrogen and oxygen atoms in total. The van der Waals surface area contributed by atoms with Crippen molar-refractivity contribution in [2.75, 3.05) is 25.1 Å². The van der Waals surface area contributed by atoms with Crippen LogP contribution < -0.4 is 9.64 Å². The number of nitrogens with zero attached hydrogens (tertiary/aromatic N) is 1. The van der Waals surface area contributed by atoms with E-state index in [1.165, 1.54) is 25.3 Å². The Hall–Kier alpha value is -2.53. The van der Waals surface area contributed by atoms with E-state index in [9.17, 15) is 14.3 Å². The molecule has 0 amide bonds. The average Bonchev–Trinajstić information content (AvgIpc) is 3.16. The highest BCUT2D eigenvalue weighted by molar-refractivity contribution is 6.32. The van der Waals surface area contributed by atoms with Gasteiger partial charge in [-0.25, -0.2) is 4.39 Å². The lowest BCUT2D eigenvalue weighted by Gasteiger charge is -2.18. The number of methoxy groups -OCH3 is 1. The van der Waals surface area contributed by atoms with Gasteiger partial charge < -0.3 is 14.7 Å². The lowest BCUT2D eigenvalue weighted by molar-refractivity contribution is 0.104. The lowest BCUT2D eigenvalue weighted by atomic mass is 10.1. The minimum Gasteiger partial charge on any atom is -0.503 e. The van der Waals surface area contributed by atoms with Gasteiger partial charge in [0.2, 0.25) is 0 Å². The van der Waals surface area contributed by atoms with Crippen LogP contribution in [0.2, 0.25) is 5.02 Å². The Morgan fingerprint density at radius 1 is 1.27 bits per heavy atom. The maximum absolute atomic E-state index is 14.3. The second kappa shape index (κ2) is 7.79. The van der Waals surface area contributed by atoms with Crippen LogP contribution in [0, 0.1) is 5.82 Å². The molecule has 0 spiro atoms. The van der Waals surface area contributed by atoms with Crippen molar-refractivity contribution in [2.45, 2.75) is 12.8 Å². The lowest BCUT2D eigenvalue weighted by Crippen LogP contribution is -2.19. The second-order valence-electron chi connectivity index (χ2n) is 6.11. The van der Waals surface area contributed by atoms with Crippen LogP contribution in [-0.2, 0) is 0 Å². The van der Waals surface area contributed by atoms with Crippen molar-refractivity contribution in [1.82, 2.24) is 0 Å². The van der Waals surface area contributed by atoms with Crippen molar-refractivity contribution in [3.05, 3.63) is 58.4 Å². The summed E-state index contributed by atoms with van der Waals surface area (Å²) in [5.74, 6) is -0.650. The zero-order valence-corrected chi connectivity index (χ0v) is 15.1. The maximum atomic E-state index is 14.3. The second-order valence-corrected chi connectivity index (χ2v) is 6.52. The van der Waals surface area contributed by atoms with E-state index in [0.717, 1.165) is 25.9 Å². The number of ketones is 1. The van der Waals surface area contributed by atoms with Crippen LogP contribution in [0.1, 0.15) is 28.8 Å². The number of rotatable bonds is 5. The summed E-state index contributed by atoms with van der Waals surface area (Å²) >= 11 is 5.93. The normalized spacial score (nSPS) is 14.2. The van der Waals surface area contributed by atoms with Gasteiger partial charge in [-0.2, -0.15) is 0 Å². The molecule has 2 aromatic rings. The number of phenols is 1. The first-order chi connectivity index (χ1) is 12.5. The minimum absolute atomic E-state index is 0.123. The molecule has 1 aliphatic heterocycles. The molecule has 0 aromatic heterocycles. The third kappa shape index (κ3) is 3.83. The molecule has 136 valence electrons. The molecule has 1 saturated heterocycles. The first-order valence-corrected chi connectivity index (χ1v) is 8.71. The van der Waals surface area contributed by atoms with Gasteiger partial charge in [-0.05, 0) is 54.8 Å². The molecule has 1 aliphatic rings. The van der Waals surface area contributed by atoms with E-state index < -0.39 is 0 Å². The van der Waals surface area contributed by atoms with Gasteiger partial charge in [0.15, 0.2) is 17.3 Å². The van der Waals surface area contributed by atoms with Gasteiger partial charge in [0.1, 0.15) is 5.82 Å². The molecule has 1 fully saturated rings. The highest BCUT2D eigenvalue weighted by atomic mass is 35.5. The number of ether oxygens (including phenoxy) is 1. The van der Waals surface area contributed by atoms with Crippen molar-refractivity contribution < 1.29 is 19.0 Å². The average molecular weight is 376 g/mol. The SMILES string of the molecule is COc1cc(/C=C/C(=O)c2ccc(N3CCCC3)c(F)c2)cc(Cl)c1O. The molecular weight excluding hydrogens is 357 g/mol. The van der Waals surface area contributed by atoms with E-state index in [2.05, 4.69) is 0 Å². The van der Waals surface area contributed by atoms with E-state index in [1.807, 2.05) is 4.90 Å². The van der Waals surface area contributed by atoms with Crippen LogP contribution in [0.4, 0.5) is 10.1 Å². The van der Waals surface area contributed by atoms with Crippen LogP contribution in [-0.4, -0.2) is 31.1 Å². The smallest absolute Gasteiger partial charge is 0.185 e. The number of carbonyl (C=O) groups is 1. The largest absolute Gasteiger partial charge is 0.503 e. The molecule has 2 aromatic carbocycles. The highest BCUT2D eigenvalue weighted by Gasteiger charge is 2.17. The topological polar surface area (TPSA) is 49.8 Å². The van der Waals surface area contributed by atoms with Crippen LogP contribution in [0.15, 0.2) is 36.4 Å². The van der Waals surface area contributed by atoms with Crippen molar-refractivity contribution in [1.29, 1.82) is 0 Å². The maximum Gasteiger partial charge on any atom is 0.185 e. The Balaban J connectivity index is 1.78. The fourth-order valence-corrected chi connectivity index (χ4v) is 3.21. The third-order valence-electron chi connectivity index (χ3n) is 4.38. The number of hydrogen-bond acceptors (Lipinski definition) is 4. The van der Waals surface area contributed by atoms with Gasteiger partial charge in [-0.15, -0.1) is 0 Å². The van der Waals surface area contributed by atoms with Gasteiger partial charge >= 0.3 is 0 Å². The summed E-state index contributed by atoms with van der Waals surface area (Å²) in [6.07, 6.45) is 5.00. The number of benzene rings is 2. The summed E-state index contributed by atoms with van der Waals surface area (Å²) in [4.78, 5) is 14.3. The fourth-order valence-electron chi connectivity index (χ4n) is 2.99. The van der Waals surface area contributed by atoms with E-state index in [0.29, 0.717) is 11.3 Å². The number of hydrogen-bond donors (Lipinski definition) is 1. The third-order valence-corrected chi connectivity index (χ3v) is 4.66. The summed E-state index contributed by atoms with van der Waals surface area (Å²) in [6.45, 7) is 1.68. The monoisotopic (exact) mass is 375 g/mol. The quantitative estimate of drug-likeness (QED) is 0.608. The van der Waals surface area contributed by atoms with Gasteiger partial charge in [0, 0.05) is 18.7 Å². The van der Waals surface area contributed by atoms with Crippen LogP contribution in [0.25, 0.3) is 6.08 Å². The summed E-state index contributed by atoms with van der Waals surface area (Å²) < 4.78 is 19.4. The van der Waals surface area contributed by atoms with E-state index in [-0.39, 0.29) is 33.7 Å². The molecule has 0 bridgehead atoms. The highest BCUT2D eigenvalue weighted by Crippen LogP contribution is 2.35. The van der Waals surface area contributed by atoms with Gasteiger partial charge in [0.25, 0.3) is 0 Å². The first kappa shape index (κ1) is 18.3. The van der Waals surface area contributed by atoms with Gasteiger partial charge in [-0.3, -0.25) is 4.79 Å². The first-order valence-electron chi connectivity index (χ1n) is 8.33. The molecule has 1 heterocycles. The molecule has 0 atom stereocenters. The molecule has 0 unspecified atom stereocenters. The predicted molar refractivity (Wildman–Crippen MR) is 101 cm³/mol. The molecule has 1 N–H and O–H groups in total. The summed E-state index contributed by atoms with van der Waals surface area (Å²) in [7, 11) is 1.41. The molecule has 3 rings (SSSR count). The van der Waals surface area contributed by atoms with Crippen LogP contribution in [0.5, 0.6) is 11.5 Å². The van der Waals surface area contributed by atoms with E-state index in [4.69, 9.17) is 16.3 Å². The molecule has 0 aliphatic carbocycles. The van der Waals surface area contributed by atoms with Crippen molar-refractivity contribution in [3.8, 4) is 11.5 Å². The molecule has 26 heavy (non-hydrogen) atoms. The van der Waals surface area contributed by atoms with Crippen molar-refractivity contribution in [3.63, 3.8) is 0 Å². The molecule has 0 saturated carbocycles. The van der Waals surface area contributed by atoms with E-state index in [1.54, 1.807) is 24.3 Å². The standard InChI is InChI=1S/C20H19ClFNO3/c1-26-19-11-13(10-15(21)20(19)25)4-7-18(24)14-5-6-17(16(22)12-14)23-8-2-3-9-23/h4-7,10-12,25H,2-3,8-9H2,1H3/b7-4+. The summed E-state index contributed by atoms with van der Waals surface area (Å²) in [5.41, 5.74) is 1.41. The predicted octanol–water partition coefficient (Wildman–Crippen LogP) is 4.69. The number of allylic oxidation sites excluding steroid dienone is 1. The van der Waals surface area contributed by atoms with Gasteiger partial charge in [-0.1, -0.05) is 17.7 Å². The number of halogens is 2. The Bertz CT molecular complexity index is 860. The molecule has 0 radical (unpaired) electrons. The zero-order valence-electron chi connectivity index (χ0n) is 14.3. The fraction of sp³-hybridized carbons (Fsp3) is 0.250. The van der Waals surface area contributed by atoms with E-state index >= 15 is 0 Å². The molecule has 6 heteroatoms. The summed E-state index contributed by atoms with van der Waals surface area (Å²) in [5, 5.41) is 9.85. The van der Waals surface area contributed by atoms with Gasteiger partial charge in [0.05, 0.1) is 17.8 Å². The zero-order chi connectivity index (χ0) is 18.7. The Morgan fingerprint density at radius 3 is 2.65 bits per heavy atom. The van der Waals surface area contributed by atoms with Crippen molar-refractivity contribution >= 4 is 29.1 Å². The molecular formula is C20H19ClFNO3. The number of anilines is 1. The minimum atomic E-state index is -0.388.